The normalized spacial score (nSPS) is 11.8. The zero-order valence-corrected chi connectivity index (χ0v) is 14.4. The molecular weight excluding hydrogens is 316 g/mol. The number of hydrogen-bond donors (Lipinski definition) is 1. The fraction of sp³-hybridized carbons (Fsp3) is 0.200. The van der Waals surface area contributed by atoms with Gasteiger partial charge >= 0.3 is 0 Å². The fourth-order valence-corrected chi connectivity index (χ4v) is 2.22. The largest absolute Gasteiger partial charge is 0.493 e. The van der Waals surface area contributed by atoms with Gasteiger partial charge in [0.25, 0.3) is 0 Å². The molecule has 130 valence electrons. The van der Waals surface area contributed by atoms with Crippen LogP contribution in [0.15, 0.2) is 61.5 Å². The summed E-state index contributed by atoms with van der Waals surface area (Å²) >= 11 is 0. The Kier molecular flexibility index (Phi) is 6.77. The lowest BCUT2D eigenvalue weighted by Crippen LogP contribution is -2.24. The summed E-state index contributed by atoms with van der Waals surface area (Å²) in [6.07, 6.45) is 8.30. The van der Waals surface area contributed by atoms with Gasteiger partial charge in [-0.05, 0) is 48.4 Å². The summed E-state index contributed by atoms with van der Waals surface area (Å²) in [6.45, 7) is 5.95. The maximum absolute atomic E-state index is 12.1. The van der Waals surface area contributed by atoms with E-state index in [1.165, 1.54) is 6.08 Å². The summed E-state index contributed by atoms with van der Waals surface area (Å²) < 4.78 is 10.8. The van der Waals surface area contributed by atoms with Gasteiger partial charge < -0.3 is 14.8 Å². The van der Waals surface area contributed by atoms with Gasteiger partial charge in [-0.25, -0.2) is 0 Å². The quantitative estimate of drug-likeness (QED) is 0.591. The zero-order valence-electron chi connectivity index (χ0n) is 14.4. The van der Waals surface area contributed by atoms with E-state index in [4.69, 9.17) is 9.47 Å². The standard InChI is InChI=1S/C20H22N2O3/c1-4-13-25-18-7-5-16(14-19(18)24-3)6-8-20(23)22-15(2)17-9-11-21-12-10-17/h4-12,14-15H,1,13H2,2-3H3,(H,22,23). The first-order valence-corrected chi connectivity index (χ1v) is 7.94. The van der Waals surface area contributed by atoms with Crippen LogP contribution in [0.5, 0.6) is 11.5 Å². The third kappa shape index (κ3) is 5.49. The first kappa shape index (κ1) is 18.3. The molecule has 0 saturated heterocycles. The number of hydrogen-bond acceptors (Lipinski definition) is 4. The Morgan fingerprint density at radius 1 is 1.28 bits per heavy atom. The first-order valence-electron chi connectivity index (χ1n) is 7.94. The van der Waals surface area contributed by atoms with Gasteiger partial charge in [0.15, 0.2) is 11.5 Å². The number of methoxy groups -OCH3 is 1. The second kappa shape index (κ2) is 9.27. The number of pyridine rings is 1. The van der Waals surface area contributed by atoms with Gasteiger partial charge in [0.05, 0.1) is 13.2 Å². The summed E-state index contributed by atoms with van der Waals surface area (Å²) in [5.41, 5.74) is 1.84. The van der Waals surface area contributed by atoms with Crippen LogP contribution >= 0.6 is 0 Å². The van der Waals surface area contributed by atoms with Crippen LogP contribution in [0.25, 0.3) is 6.08 Å². The number of nitrogens with zero attached hydrogens (tertiary/aromatic N) is 1. The van der Waals surface area contributed by atoms with Gasteiger partial charge in [-0.1, -0.05) is 18.7 Å². The van der Waals surface area contributed by atoms with Crippen LogP contribution < -0.4 is 14.8 Å². The Morgan fingerprint density at radius 3 is 2.72 bits per heavy atom. The number of benzene rings is 1. The number of carbonyl (C=O) groups is 1. The van der Waals surface area contributed by atoms with Crippen molar-refractivity contribution in [1.82, 2.24) is 10.3 Å². The van der Waals surface area contributed by atoms with Crippen molar-refractivity contribution in [2.75, 3.05) is 13.7 Å². The maximum Gasteiger partial charge on any atom is 0.244 e. The van der Waals surface area contributed by atoms with Crippen molar-refractivity contribution in [2.45, 2.75) is 13.0 Å². The van der Waals surface area contributed by atoms with Gasteiger partial charge in [-0.2, -0.15) is 0 Å². The molecule has 1 heterocycles. The van der Waals surface area contributed by atoms with Gasteiger partial charge in [0.2, 0.25) is 5.91 Å². The molecule has 0 saturated carbocycles. The lowest BCUT2D eigenvalue weighted by Gasteiger charge is -2.12. The number of ether oxygens (including phenoxy) is 2. The van der Waals surface area contributed by atoms with Crippen LogP contribution in [-0.2, 0) is 4.79 Å². The molecule has 0 fully saturated rings. The molecule has 0 aliphatic carbocycles. The van der Waals surface area contributed by atoms with Crippen molar-refractivity contribution in [3.8, 4) is 11.5 Å². The first-order chi connectivity index (χ1) is 12.1. The van der Waals surface area contributed by atoms with E-state index in [9.17, 15) is 4.79 Å². The van der Waals surface area contributed by atoms with E-state index in [0.717, 1.165) is 11.1 Å². The van der Waals surface area contributed by atoms with Crippen LogP contribution in [0.3, 0.4) is 0 Å². The predicted molar refractivity (Wildman–Crippen MR) is 98.5 cm³/mol. The van der Waals surface area contributed by atoms with Crippen LogP contribution in [0.2, 0.25) is 0 Å². The second-order valence-corrected chi connectivity index (χ2v) is 5.35. The topological polar surface area (TPSA) is 60.5 Å². The molecule has 5 nitrogen and oxygen atoms in total. The molecule has 5 heteroatoms. The number of nitrogens with one attached hydrogen (secondary N) is 1. The highest BCUT2D eigenvalue weighted by Crippen LogP contribution is 2.28. The molecule has 0 aliphatic heterocycles. The smallest absolute Gasteiger partial charge is 0.244 e. The molecule has 0 bridgehead atoms. The number of aromatic nitrogens is 1. The van der Waals surface area contributed by atoms with Crippen molar-refractivity contribution in [3.63, 3.8) is 0 Å². The zero-order chi connectivity index (χ0) is 18.1. The summed E-state index contributed by atoms with van der Waals surface area (Å²) in [7, 11) is 1.58. The van der Waals surface area contributed by atoms with Crippen LogP contribution in [0, 0.1) is 0 Å². The second-order valence-electron chi connectivity index (χ2n) is 5.35. The van der Waals surface area contributed by atoms with Gasteiger partial charge in [-0.15, -0.1) is 0 Å². The van der Waals surface area contributed by atoms with Crippen molar-refractivity contribution in [2.24, 2.45) is 0 Å². The highest BCUT2D eigenvalue weighted by molar-refractivity contribution is 5.92. The predicted octanol–water partition coefficient (Wildman–Crippen LogP) is 3.55. The van der Waals surface area contributed by atoms with Crippen molar-refractivity contribution >= 4 is 12.0 Å². The van der Waals surface area contributed by atoms with Gasteiger partial charge in [0, 0.05) is 18.5 Å². The number of carbonyl (C=O) groups excluding carboxylic acids is 1. The van der Waals surface area contributed by atoms with E-state index >= 15 is 0 Å². The summed E-state index contributed by atoms with van der Waals surface area (Å²) in [5, 5.41) is 2.91. The number of amides is 1. The van der Waals surface area contributed by atoms with E-state index in [1.54, 1.807) is 37.7 Å². The summed E-state index contributed by atoms with van der Waals surface area (Å²) in [4.78, 5) is 16.1. The Balaban J connectivity index is 2.00. The molecule has 2 rings (SSSR count). The number of rotatable bonds is 8. The van der Waals surface area contributed by atoms with Crippen molar-refractivity contribution in [3.05, 3.63) is 72.6 Å². The fourth-order valence-electron chi connectivity index (χ4n) is 2.22. The highest BCUT2D eigenvalue weighted by Gasteiger charge is 2.07. The van der Waals surface area contributed by atoms with E-state index < -0.39 is 0 Å². The molecule has 1 aromatic heterocycles. The van der Waals surface area contributed by atoms with Crippen LogP contribution in [-0.4, -0.2) is 24.6 Å². The Hall–Kier alpha value is -3.08. The third-order valence-electron chi connectivity index (χ3n) is 3.54. The Morgan fingerprint density at radius 2 is 2.04 bits per heavy atom. The maximum atomic E-state index is 12.1. The third-order valence-corrected chi connectivity index (χ3v) is 3.54. The Bertz CT molecular complexity index is 742. The molecular formula is C20H22N2O3. The molecule has 0 aliphatic rings. The van der Waals surface area contributed by atoms with Crippen molar-refractivity contribution < 1.29 is 14.3 Å². The van der Waals surface area contributed by atoms with Gasteiger partial charge in [0.1, 0.15) is 6.61 Å². The highest BCUT2D eigenvalue weighted by atomic mass is 16.5. The van der Waals surface area contributed by atoms with E-state index in [1.807, 2.05) is 31.2 Å². The Labute approximate surface area is 148 Å². The minimum absolute atomic E-state index is 0.0932. The van der Waals surface area contributed by atoms with Gasteiger partial charge in [-0.3, -0.25) is 9.78 Å². The minimum Gasteiger partial charge on any atom is -0.493 e. The summed E-state index contributed by atoms with van der Waals surface area (Å²) in [6, 6.07) is 9.14. The molecule has 1 N–H and O–H groups in total. The molecule has 1 aromatic carbocycles. The van der Waals surface area contributed by atoms with E-state index in [2.05, 4.69) is 16.9 Å². The lowest BCUT2D eigenvalue weighted by molar-refractivity contribution is -0.117. The molecule has 25 heavy (non-hydrogen) atoms. The van der Waals surface area contributed by atoms with Crippen LogP contribution in [0.4, 0.5) is 0 Å². The molecule has 2 aromatic rings. The molecule has 1 unspecified atom stereocenters. The average molecular weight is 338 g/mol. The average Bonchev–Trinajstić information content (AvgIpc) is 2.65. The minimum atomic E-state index is -0.171. The van der Waals surface area contributed by atoms with Crippen LogP contribution in [0.1, 0.15) is 24.1 Å². The van der Waals surface area contributed by atoms with E-state index in [-0.39, 0.29) is 11.9 Å². The monoisotopic (exact) mass is 338 g/mol. The lowest BCUT2D eigenvalue weighted by atomic mass is 10.1. The summed E-state index contributed by atoms with van der Waals surface area (Å²) in [5.74, 6) is 1.07. The molecule has 1 amide bonds. The SMILES string of the molecule is C=CCOc1ccc(C=CC(=O)NC(C)c2ccncc2)cc1OC. The molecule has 1 atom stereocenters. The van der Waals surface area contributed by atoms with E-state index in [0.29, 0.717) is 18.1 Å². The van der Waals surface area contributed by atoms with Crippen molar-refractivity contribution in [1.29, 1.82) is 0 Å². The molecule has 0 radical (unpaired) electrons. The molecule has 0 spiro atoms.